The third-order valence-corrected chi connectivity index (χ3v) is 2.91. The van der Waals surface area contributed by atoms with Gasteiger partial charge in [0.15, 0.2) is 0 Å². The van der Waals surface area contributed by atoms with Crippen LogP contribution >= 0.6 is 0 Å². The summed E-state index contributed by atoms with van der Waals surface area (Å²) in [5.74, 6) is 8.26. The summed E-state index contributed by atoms with van der Waals surface area (Å²) in [6, 6.07) is 0.493. The third kappa shape index (κ3) is 1.28. The maximum absolute atomic E-state index is 3.20. The van der Waals surface area contributed by atoms with Crippen LogP contribution in [0.5, 0.6) is 0 Å². The second-order valence-corrected chi connectivity index (χ2v) is 3.78. The molecule has 0 amide bonds. The highest BCUT2D eigenvalue weighted by Gasteiger charge is 2.45. The predicted octanol–water partition coefficient (Wildman–Crippen LogP) is 1.35. The van der Waals surface area contributed by atoms with Gasteiger partial charge in [0.2, 0.25) is 0 Å². The van der Waals surface area contributed by atoms with Gasteiger partial charge in [0.25, 0.3) is 0 Å². The van der Waals surface area contributed by atoms with E-state index in [-0.39, 0.29) is 0 Å². The van der Waals surface area contributed by atoms with Crippen LogP contribution in [-0.2, 0) is 0 Å². The van der Waals surface area contributed by atoms with E-state index >= 15 is 0 Å². The van der Waals surface area contributed by atoms with Crippen molar-refractivity contribution in [1.82, 2.24) is 4.90 Å². The number of fused-ring (bicyclic) bond motifs is 1. The van der Waals surface area contributed by atoms with E-state index in [4.69, 9.17) is 0 Å². The van der Waals surface area contributed by atoms with Gasteiger partial charge in [-0.25, -0.2) is 0 Å². The van der Waals surface area contributed by atoms with Gasteiger partial charge >= 0.3 is 0 Å². The number of likely N-dealkylation sites (tertiary alicyclic amines) is 1. The summed E-state index contributed by atoms with van der Waals surface area (Å²) in [4.78, 5) is 2.51. The molecule has 0 spiro atoms. The van der Waals surface area contributed by atoms with Crippen LogP contribution in [0.1, 0.15) is 20.3 Å². The molecule has 1 aliphatic carbocycles. The predicted molar refractivity (Wildman–Crippen MR) is 46.1 cm³/mol. The Labute approximate surface area is 68.8 Å². The molecule has 0 aromatic rings. The highest BCUT2D eigenvalue weighted by molar-refractivity contribution is 5.08. The molecule has 0 N–H and O–H groups in total. The van der Waals surface area contributed by atoms with Crippen molar-refractivity contribution < 1.29 is 0 Å². The van der Waals surface area contributed by atoms with Crippen molar-refractivity contribution >= 4 is 0 Å². The standard InChI is InChI=1S/C10H15N/c1-3-4-8(2)11-6-9-5-10(9)7-11/h8-10H,5-7H2,1-2H3. The van der Waals surface area contributed by atoms with Crippen LogP contribution in [0.3, 0.4) is 0 Å². The fourth-order valence-electron chi connectivity index (χ4n) is 2.05. The van der Waals surface area contributed by atoms with Gasteiger partial charge in [-0.1, -0.05) is 5.92 Å². The molecule has 1 aliphatic heterocycles. The minimum atomic E-state index is 0.493. The van der Waals surface area contributed by atoms with Gasteiger partial charge in [-0.15, -0.1) is 5.92 Å². The van der Waals surface area contributed by atoms with Crippen LogP contribution in [0, 0.1) is 23.7 Å². The van der Waals surface area contributed by atoms with Crippen molar-refractivity contribution in [2.45, 2.75) is 26.3 Å². The monoisotopic (exact) mass is 149 g/mol. The van der Waals surface area contributed by atoms with Gasteiger partial charge in [0.05, 0.1) is 6.04 Å². The zero-order chi connectivity index (χ0) is 7.84. The quantitative estimate of drug-likeness (QED) is 0.509. The first-order valence-corrected chi connectivity index (χ1v) is 4.47. The van der Waals surface area contributed by atoms with Gasteiger partial charge in [0.1, 0.15) is 0 Å². The summed E-state index contributed by atoms with van der Waals surface area (Å²) in [7, 11) is 0. The maximum Gasteiger partial charge on any atom is 0.0686 e. The lowest BCUT2D eigenvalue weighted by Gasteiger charge is -2.20. The van der Waals surface area contributed by atoms with Crippen LogP contribution in [-0.4, -0.2) is 24.0 Å². The van der Waals surface area contributed by atoms with Crippen molar-refractivity contribution in [3.63, 3.8) is 0 Å². The van der Waals surface area contributed by atoms with E-state index in [9.17, 15) is 0 Å². The van der Waals surface area contributed by atoms with E-state index in [0.717, 1.165) is 11.8 Å². The van der Waals surface area contributed by atoms with Gasteiger partial charge < -0.3 is 0 Å². The number of rotatable bonds is 1. The van der Waals surface area contributed by atoms with E-state index < -0.39 is 0 Å². The lowest BCUT2D eigenvalue weighted by Crippen LogP contribution is -2.31. The second kappa shape index (κ2) is 2.53. The molecule has 2 rings (SSSR count). The summed E-state index contributed by atoms with van der Waals surface area (Å²) in [5, 5.41) is 0. The molecule has 1 saturated heterocycles. The van der Waals surface area contributed by atoms with Gasteiger partial charge in [0, 0.05) is 13.1 Å². The Kier molecular flexibility index (Phi) is 1.65. The van der Waals surface area contributed by atoms with Crippen molar-refractivity contribution in [1.29, 1.82) is 0 Å². The summed E-state index contributed by atoms with van der Waals surface area (Å²) < 4.78 is 0. The minimum absolute atomic E-state index is 0.493. The molecule has 2 fully saturated rings. The Morgan fingerprint density at radius 2 is 2.00 bits per heavy atom. The molecule has 0 aromatic carbocycles. The highest BCUT2D eigenvalue weighted by atomic mass is 15.2. The molecule has 3 atom stereocenters. The Balaban J connectivity index is 1.89. The molecule has 0 bridgehead atoms. The number of hydrogen-bond acceptors (Lipinski definition) is 1. The molecule has 11 heavy (non-hydrogen) atoms. The first-order valence-electron chi connectivity index (χ1n) is 4.47. The van der Waals surface area contributed by atoms with Crippen molar-refractivity contribution in [3.8, 4) is 11.8 Å². The van der Waals surface area contributed by atoms with E-state index in [1.54, 1.807) is 0 Å². The second-order valence-electron chi connectivity index (χ2n) is 3.78. The Hall–Kier alpha value is -0.480. The molecule has 0 radical (unpaired) electrons. The van der Waals surface area contributed by atoms with Crippen molar-refractivity contribution in [3.05, 3.63) is 0 Å². The van der Waals surface area contributed by atoms with E-state index in [1.807, 2.05) is 6.92 Å². The molecular weight excluding hydrogens is 134 g/mol. The van der Waals surface area contributed by atoms with Crippen molar-refractivity contribution in [2.24, 2.45) is 11.8 Å². The third-order valence-electron chi connectivity index (χ3n) is 2.91. The average Bonchev–Trinajstić information content (AvgIpc) is 2.59. The molecule has 1 saturated carbocycles. The maximum atomic E-state index is 3.20. The number of hydrogen-bond donors (Lipinski definition) is 0. The molecule has 1 heteroatoms. The number of piperidine rings is 1. The first kappa shape index (κ1) is 7.18. The first-order chi connectivity index (χ1) is 5.31. The highest BCUT2D eigenvalue weighted by Crippen LogP contribution is 2.45. The molecule has 0 aromatic heterocycles. The smallest absolute Gasteiger partial charge is 0.0686 e. The fraction of sp³-hybridized carbons (Fsp3) is 0.800. The zero-order valence-electron chi connectivity index (χ0n) is 7.30. The molecule has 3 unspecified atom stereocenters. The summed E-state index contributed by atoms with van der Waals surface area (Å²) in [6.45, 7) is 6.75. The van der Waals surface area contributed by atoms with Crippen LogP contribution in [0.4, 0.5) is 0 Å². The zero-order valence-corrected chi connectivity index (χ0v) is 7.30. The van der Waals surface area contributed by atoms with Gasteiger partial charge in [-0.05, 0) is 32.1 Å². The largest absolute Gasteiger partial charge is 0.289 e. The SMILES string of the molecule is CC#CC(C)N1CC2CC2C1. The lowest BCUT2D eigenvalue weighted by molar-refractivity contribution is 0.276. The minimum Gasteiger partial charge on any atom is -0.289 e. The lowest BCUT2D eigenvalue weighted by atomic mass is 10.3. The molecule has 1 heterocycles. The van der Waals surface area contributed by atoms with Crippen LogP contribution < -0.4 is 0 Å². The average molecular weight is 149 g/mol. The van der Waals surface area contributed by atoms with Crippen LogP contribution in [0.2, 0.25) is 0 Å². The van der Waals surface area contributed by atoms with Crippen LogP contribution in [0.15, 0.2) is 0 Å². The topological polar surface area (TPSA) is 3.24 Å². The molecular formula is C10H15N. The summed E-state index contributed by atoms with van der Waals surface area (Å²) in [6.07, 6.45) is 1.49. The fourth-order valence-corrected chi connectivity index (χ4v) is 2.05. The van der Waals surface area contributed by atoms with E-state index in [0.29, 0.717) is 6.04 Å². The summed E-state index contributed by atoms with van der Waals surface area (Å²) in [5.41, 5.74) is 0. The van der Waals surface area contributed by atoms with Gasteiger partial charge in [-0.3, -0.25) is 4.90 Å². The number of nitrogens with zero attached hydrogens (tertiary/aromatic N) is 1. The Morgan fingerprint density at radius 3 is 2.55 bits per heavy atom. The van der Waals surface area contributed by atoms with E-state index in [1.165, 1.54) is 19.5 Å². The summed E-state index contributed by atoms with van der Waals surface area (Å²) >= 11 is 0. The normalized spacial score (nSPS) is 37.3. The molecule has 1 nitrogen and oxygen atoms in total. The van der Waals surface area contributed by atoms with E-state index in [2.05, 4.69) is 23.7 Å². The van der Waals surface area contributed by atoms with Crippen molar-refractivity contribution in [2.75, 3.05) is 13.1 Å². The Bertz CT molecular complexity index is 201. The molecule has 2 aliphatic rings. The molecule has 60 valence electrons. The van der Waals surface area contributed by atoms with Crippen LogP contribution in [0.25, 0.3) is 0 Å². The van der Waals surface area contributed by atoms with Gasteiger partial charge in [-0.2, -0.15) is 0 Å². The Morgan fingerprint density at radius 1 is 1.36 bits per heavy atom.